The van der Waals surface area contributed by atoms with Crippen molar-refractivity contribution in [3.63, 3.8) is 0 Å². The van der Waals surface area contributed by atoms with Crippen molar-refractivity contribution in [1.29, 1.82) is 5.26 Å². The van der Waals surface area contributed by atoms with Crippen LogP contribution in [0.5, 0.6) is 0 Å². The molecule has 0 radical (unpaired) electrons. The molecule has 22 heavy (non-hydrogen) atoms. The largest absolute Gasteiger partial charge is 0.346 e. The molecule has 1 N–H and O–H groups in total. The number of aromatic nitrogens is 5. The van der Waals surface area contributed by atoms with Crippen molar-refractivity contribution in [2.75, 3.05) is 0 Å². The number of nitrogens with one attached hydrogen (secondary N) is 1. The Hall–Kier alpha value is -2.08. The van der Waals surface area contributed by atoms with Crippen molar-refractivity contribution in [3.05, 3.63) is 31.0 Å². The zero-order chi connectivity index (χ0) is 15.0. The first-order chi connectivity index (χ1) is 10.8. The van der Waals surface area contributed by atoms with Crippen molar-refractivity contribution in [1.82, 2.24) is 24.7 Å². The van der Waals surface area contributed by atoms with E-state index in [0.717, 1.165) is 35.1 Å². The van der Waals surface area contributed by atoms with Crippen LogP contribution in [0.4, 0.5) is 0 Å². The van der Waals surface area contributed by atoms with Crippen LogP contribution < -0.4 is 0 Å². The monoisotopic (exact) mass is 404 g/mol. The van der Waals surface area contributed by atoms with Gasteiger partial charge in [0, 0.05) is 23.3 Å². The van der Waals surface area contributed by atoms with E-state index in [2.05, 4.69) is 28.1 Å². The number of nitriles is 1. The standard InChI is InChI=1S/C15H13IN6/c17-9-16-8-15(3-1-4-15)22-7-11(6-21-22)13-12-2-5-18-14(12)20-10-19-13/h2,5-8,10H,1,3-4H2,(H,18,19,20). The number of hydrogen-bond donors (Lipinski definition) is 1. The van der Waals surface area contributed by atoms with Gasteiger partial charge in [-0.1, -0.05) is 0 Å². The molecule has 0 amide bonds. The SMILES string of the molecule is N#CI=CC1(n2cc(-c3ncnc4[nH]ccc34)cn2)CCC1. The molecule has 3 heterocycles. The lowest BCUT2D eigenvalue weighted by atomic mass is 9.79. The molecule has 1 aliphatic rings. The van der Waals surface area contributed by atoms with Crippen molar-refractivity contribution < 1.29 is 0 Å². The molecule has 4 rings (SSSR count). The molecule has 0 aromatic carbocycles. The molecule has 0 atom stereocenters. The highest BCUT2D eigenvalue weighted by atomic mass is 127. The third kappa shape index (κ3) is 2.06. The predicted molar refractivity (Wildman–Crippen MR) is 92.6 cm³/mol. The van der Waals surface area contributed by atoms with Crippen molar-refractivity contribution in [3.8, 4) is 15.3 Å². The van der Waals surface area contributed by atoms with Crippen molar-refractivity contribution in [2.24, 2.45) is 0 Å². The summed E-state index contributed by atoms with van der Waals surface area (Å²) in [6.45, 7) is 0. The second-order valence-corrected chi connectivity index (χ2v) is 7.12. The minimum Gasteiger partial charge on any atom is -0.346 e. The molecule has 0 saturated heterocycles. The second-order valence-electron chi connectivity index (χ2n) is 5.40. The summed E-state index contributed by atoms with van der Waals surface area (Å²) in [4.78, 5) is 11.7. The van der Waals surface area contributed by atoms with E-state index < -0.39 is 20.7 Å². The van der Waals surface area contributed by atoms with E-state index >= 15 is 0 Å². The molecular formula is C15H13IN6. The van der Waals surface area contributed by atoms with Crippen LogP contribution in [-0.2, 0) is 5.54 Å². The van der Waals surface area contributed by atoms with Crippen LogP contribution in [0.2, 0.25) is 0 Å². The topological polar surface area (TPSA) is 83.2 Å². The fraction of sp³-hybridized carbons (Fsp3) is 0.267. The van der Waals surface area contributed by atoms with E-state index in [9.17, 15) is 0 Å². The van der Waals surface area contributed by atoms with Gasteiger partial charge in [0.1, 0.15) is 16.1 Å². The molecule has 6 nitrogen and oxygen atoms in total. The fourth-order valence-electron chi connectivity index (χ4n) is 2.84. The molecule has 3 aromatic rings. The number of rotatable bonds is 3. The van der Waals surface area contributed by atoms with Gasteiger partial charge >= 0.3 is 0 Å². The summed E-state index contributed by atoms with van der Waals surface area (Å²) in [6.07, 6.45) is 10.7. The van der Waals surface area contributed by atoms with Crippen molar-refractivity contribution in [2.45, 2.75) is 24.8 Å². The number of fused-ring (bicyclic) bond motifs is 1. The number of hydrogen-bond acceptors (Lipinski definition) is 4. The summed E-state index contributed by atoms with van der Waals surface area (Å²) in [6, 6.07) is 1.98. The quantitative estimate of drug-likeness (QED) is 0.681. The van der Waals surface area contributed by atoms with Crippen LogP contribution >= 0.6 is 20.7 Å². The van der Waals surface area contributed by atoms with Gasteiger partial charge in [0.05, 0.1) is 17.4 Å². The van der Waals surface area contributed by atoms with E-state index in [1.165, 1.54) is 6.42 Å². The lowest BCUT2D eigenvalue weighted by Gasteiger charge is -2.38. The Balaban J connectivity index is 1.77. The van der Waals surface area contributed by atoms with E-state index in [4.69, 9.17) is 5.26 Å². The number of halogens is 1. The Kier molecular flexibility index (Phi) is 3.26. The number of nitrogens with zero attached hydrogens (tertiary/aromatic N) is 5. The van der Waals surface area contributed by atoms with E-state index in [1.807, 2.05) is 29.3 Å². The highest BCUT2D eigenvalue weighted by Crippen LogP contribution is 2.39. The minimum atomic E-state index is -0.521. The van der Waals surface area contributed by atoms with Gasteiger partial charge in [-0.25, -0.2) is 9.97 Å². The van der Waals surface area contributed by atoms with Gasteiger partial charge in [0.2, 0.25) is 0 Å². The average Bonchev–Trinajstić information content (AvgIpc) is 3.15. The van der Waals surface area contributed by atoms with Crippen molar-refractivity contribution >= 4 is 35.8 Å². The van der Waals surface area contributed by atoms with Gasteiger partial charge in [-0.2, -0.15) is 10.4 Å². The predicted octanol–water partition coefficient (Wildman–Crippen LogP) is 2.95. The molecule has 1 fully saturated rings. The Bertz CT molecular complexity index is 896. The second kappa shape index (κ2) is 5.28. The summed E-state index contributed by atoms with van der Waals surface area (Å²) in [5.41, 5.74) is 2.66. The maximum atomic E-state index is 8.89. The third-order valence-corrected chi connectivity index (χ3v) is 5.94. The van der Waals surface area contributed by atoms with E-state index in [-0.39, 0.29) is 5.54 Å². The normalized spacial score (nSPS) is 17.0. The summed E-state index contributed by atoms with van der Waals surface area (Å²) in [5.74, 6) is 0. The first-order valence-electron chi connectivity index (χ1n) is 7.02. The first kappa shape index (κ1) is 13.6. The van der Waals surface area contributed by atoms with Crippen LogP contribution in [0.15, 0.2) is 31.0 Å². The zero-order valence-corrected chi connectivity index (χ0v) is 13.9. The minimum absolute atomic E-state index is 0.0500. The van der Waals surface area contributed by atoms with Crippen LogP contribution in [0.25, 0.3) is 22.3 Å². The van der Waals surface area contributed by atoms with Gasteiger partial charge < -0.3 is 4.98 Å². The van der Waals surface area contributed by atoms with Crippen LogP contribution in [-0.4, -0.2) is 28.7 Å². The highest BCUT2D eigenvalue weighted by Gasteiger charge is 2.37. The molecule has 7 heteroatoms. The highest BCUT2D eigenvalue weighted by molar-refractivity contribution is 14.2. The lowest BCUT2D eigenvalue weighted by molar-refractivity contribution is 0.222. The van der Waals surface area contributed by atoms with Gasteiger partial charge in [-0.05, 0) is 50.1 Å². The summed E-state index contributed by atoms with van der Waals surface area (Å²) in [5, 5.41) is 14.4. The molecule has 0 aliphatic heterocycles. The molecule has 110 valence electrons. The van der Waals surface area contributed by atoms with Crippen LogP contribution in [0.1, 0.15) is 19.3 Å². The third-order valence-electron chi connectivity index (χ3n) is 4.19. The van der Waals surface area contributed by atoms with E-state index in [1.54, 1.807) is 6.33 Å². The smallest absolute Gasteiger partial charge is 0.141 e. The molecule has 1 aliphatic carbocycles. The number of aromatic amines is 1. The molecule has 3 aromatic heterocycles. The molecule has 0 unspecified atom stereocenters. The Morgan fingerprint density at radius 2 is 2.32 bits per heavy atom. The number of H-pyrrole nitrogens is 1. The fourth-order valence-corrected chi connectivity index (χ4v) is 4.47. The average molecular weight is 404 g/mol. The van der Waals surface area contributed by atoms with E-state index in [0.29, 0.717) is 0 Å². The molecular weight excluding hydrogens is 391 g/mol. The zero-order valence-electron chi connectivity index (χ0n) is 11.7. The van der Waals surface area contributed by atoms with Gasteiger partial charge in [0.15, 0.2) is 0 Å². The summed E-state index contributed by atoms with van der Waals surface area (Å²) < 4.78 is 6.52. The summed E-state index contributed by atoms with van der Waals surface area (Å²) in [7, 11) is 0. The lowest BCUT2D eigenvalue weighted by Crippen LogP contribution is -2.41. The van der Waals surface area contributed by atoms with Gasteiger partial charge in [-0.3, -0.25) is 4.68 Å². The molecule has 1 saturated carbocycles. The van der Waals surface area contributed by atoms with Gasteiger partial charge in [0.25, 0.3) is 0 Å². The Morgan fingerprint density at radius 3 is 3.09 bits per heavy atom. The van der Waals surface area contributed by atoms with Crippen LogP contribution in [0.3, 0.4) is 0 Å². The maximum Gasteiger partial charge on any atom is 0.141 e. The summed E-state index contributed by atoms with van der Waals surface area (Å²) >= 11 is -0.521. The maximum absolute atomic E-state index is 8.89. The van der Waals surface area contributed by atoms with Crippen LogP contribution in [0, 0.1) is 9.34 Å². The molecule has 0 bridgehead atoms. The van der Waals surface area contributed by atoms with Gasteiger partial charge in [-0.15, -0.1) is 0 Å². The first-order valence-corrected chi connectivity index (χ1v) is 9.34. The molecule has 0 spiro atoms. The Labute approximate surface area is 136 Å². The Morgan fingerprint density at radius 1 is 1.41 bits per heavy atom.